The quantitative estimate of drug-likeness (QED) is 0.657. The first-order valence-electron chi connectivity index (χ1n) is 6.65. The van der Waals surface area contributed by atoms with E-state index in [4.69, 9.17) is 17.3 Å². The molecule has 1 heterocycles. The van der Waals surface area contributed by atoms with E-state index in [1.165, 1.54) is 0 Å². The second-order valence-corrected chi connectivity index (χ2v) is 5.07. The van der Waals surface area contributed by atoms with Crippen molar-refractivity contribution in [1.29, 1.82) is 0 Å². The van der Waals surface area contributed by atoms with Gasteiger partial charge in [-0.2, -0.15) is 0 Å². The second kappa shape index (κ2) is 6.63. The van der Waals surface area contributed by atoms with E-state index in [-0.39, 0.29) is 12.2 Å². The first kappa shape index (κ1) is 14.7. The van der Waals surface area contributed by atoms with Gasteiger partial charge >= 0.3 is 0 Å². The molecule has 106 valence electrons. The number of hydrogen-bond donors (Lipinski definition) is 2. The fourth-order valence-electron chi connectivity index (χ4n) is 2.23. The van der Waals surface area contributed by atoms with Crippen LogP contribution in [0.1, 0.15) is 18.4 Å². The number of hydrogen-bond acceptors (Lipinski definition) is 3. The molecule has 1 aromatic carbocycles. The van der Waals surface area contributed by atoms with Gasteiger partial charge in [-0.3, -0.25) is 9.78 Å². The number of H-pyrrole nitrogens is 1. The maximum Gasteiger partial charge on any atom is 0.255 e. The highest BCUT2D eigenvalue weighted by molar-refractivity contribution is 7.71. The molecule has 4 nitrogen and oxygen atoms in total. The van der Waals surface area contributed by atoms with E-state index in [0.717, 1.165) is 17.7 Å². The average Bonchev–Trinajstić information content (AvgIpc) is 2.45. The van der Waals surface area contributed by atoms with Crippen LogP contribution in [0, 0.1) is 11.7 Å². The number of rotatable bonds is 5. The van der Waals surface area contributed by atoms with E-state index in [1.54, 1.807) is 6.92 Å². The monoisotopic (exact) mass is 290 g/mol. The van der Waals surface area contributed by atoms with Gasteiger partial charge in [0.2, 0.25) is 0 Å². The van der Waals surface area contributed by atoms with Crippen LogP contribution in [0.15, 0.2) is 35.1 Å². The van der Waals surface area contributed by atoms with Crippen molar-refractivity contribution >= 4 is 12.2 Å². The molecule has 0 spiro atoms. The van der Waals surface area contributed by atoms with Gasteiger partial charge in [-0.1, -0.05) is 30.3 Å². The van der Waals surface area contributed by atoms with E-state index < -0.39 is 0 Å². The lowest BCUT2D eigenvalue weighted by Gasteiger charge is -2.16. The normalized spacial score (nSPS) is 10.7. The molecule has 0 fully saturated rings. The lowest BCUT2D eigenvalue weighted by molar-refractivity contribution is 0.281. The molecule has 0 aliphatic carbocycles. The molecule has 2 N–H and O–H groups in total. The molecule has 5 heteroatoms. The Bertz CT molecular complexity index is 689. The van der Waals surface area contributed by atoms with Crippen LogP contribution in [0.4, 0.5) is 0 Å². The smallest absolute Gasteiger partial charge is 0.255 e. The molecule has 0 radical (unpaired) electrons. The lowest BCUT2D eigenvalue weighted by atomic mass is 10.1. The van der Waals surface area contributed by atoms with Crippen molar-refractivity contribution in [2.75, 3.05) is 6.61 Å². The first-order valence-corrected chi connectivity index (χ1v) is 7.06. The maximum absolute atomic E-state index is 11.9. The molecule has 0 saturated heterocycles. The summed E-state index contributed by atoms with van der Waals surface area (Å²) >= 11 is 5.28. The number of nitrogens with one attached hydrogen (secondary N) is 1. The van der Waals surface area contributed by atoms with Crippen LogP contribution in [0.3, 0.4) is 0 Å². The van der Waals surface area contributed by atoms with Crippen molar-refractivity contribution in [2.24, 2.45) is 0 Å². The van der Waals surface area contributed by atoms with Crippen LogP contribution in [-0.4, -0.2) is 21.3 Å². The zero-order valence-corrected chi connectivity index (χ0v) is 12.2. The first-order chi connectivity index (χ1) is 9.65. The van der Waals surface area contributed by atoms with Gasteiger partial charge in [0.05, 0.1) is 5.69 Å². The molecule has 0 atom stereocenters. The van der Waals surface area contributed by atoms with Gasteiger partial charge in [0.15, 0.2) is 4.77 Å². The third-order valence-electron chi connectivity index (χ3n) is 3.27. The van der Waals surface area contributed by atoms with Crippen molar-refractivity contribution in [2.45, 2.75) is 26.3 Å². The highest BCUT2D eigenvalue weighted by Crippen LogP contribution is 2.21. The van der Waals surface area contributed by atoms with Crippen LogP contribution in [0.5, 0.6) is 0 Å². The summed E-state index contributed by atoms with van der Waals surface area (Å²) in [4.78, 5) is 14.6. The second-order valence-electron chi connectivity index (χ2n) is 4.68. The topological polar surface area (TPSA) is 58.0 Å². The molecule has 0 saturated carbocycles. The van der Waals surface area contributed by atoms with E-state index in [0.29, 0.717) is 23.3 Å². The maximum atomic E-state index is 11.9. The summed E-state index contributed by atoms with van der Waals surface area (Å²) in [5, 5.41) is 8.91. The van der Waals surface area contributed by atoms with Crippen LogP contribution in [0.2, 0.25) is 0 Å². The predicted octanol–water partition coefficient (Wildman–Crippen LogP) is 2.65. The standard InChI is InChI=1S/C15H18N2O2S/c1-11-13(12-7-3-2-4-8-12)17(9-5-6-10-18)15(20)16-14(11)19/h2-4,7-8,18H,5-6,9-10H2,1H3,(H,16,19,20). The van der Waals surface area contributed by atoms with Gasteiger partial charge in [-0.25, -0.2) is 0 Å². The lowest BCUT2D eigenvalue weighted by Crippen LogP contribution is -2.19. The Hall–Kier alpha value is -1.72. The molecule has 2 rings (SSSR count). The molecular weight excluding hydrogens is 272 g/mol. The van der Waals surface area contributed by atoms with E-state index in [1.807, 2.05) is 34.9 Å². The summed E-state index contributed by atoms with van der Waals surface area (Å²) in [6, 6.07) is 9.77. The molecule has 1 aromatic heterocycles. The molecule has 0 amide bonds. The number of benzene rings is 1. The summed E-state index contributed by atoms with van der Waals surface area (Å²) < 4.78 is 2.37. The van der Waals surface area contributed by atoms with Crippen LogP contribution >= 0.6 is 12.2 Å². The molecule has 0 unspecified atom stereocenters. The van der Waals surface area contributed by atoms with E-state index >= 15 is 0 Å². The zero-order valence-electron chi connectivity index (χ0n) is 11.4. The van der Waals surface area contributed by atoms with Crippen molar-refractivity contribution in [1.82, 2.24) is 9.55 Å². The van der Waals surface area contributed by atoms with Gasteiger partial charge in [0.25, 0.3) is 5.56 Å². The number of aliphatic hydroxyl groups excluding tert-OH is 1. The number of aromatic amines is 1. The third kappa shape index (κ3) is 3.05. The van der Waals surface area contributed by atoms with E-state index in [2.05, 4.69) is 4.98 Å². The van der Waals surface area contributed by atoms with Gasteiger partial charge in [0.1, 0.15) is 0 Å². The van der Waals surface area contributed by atoms with Crippen LogP contribution in [-0.2, 0) is 6.54 Å². The minimum Gasteiger partial charge on any atom is -0.396 e. The Morgan fingerprint density at radius 2 is 1.95 bits per heavy atom. The fourth-order valence-corrected chi connectivity index (χ4v) is 2.51. The van der Waals surface area contributed by atoms with Gasteiger partial charge in [-0.05, 0) is 37.5 Å². The minimum atomic E-state index is -0.146. The molecule has 0 aliphatic heterocycles. The Labute approximate surface area is 122 Å². The van der Waals surface area contributed by atoms with Gasteiger partial charge in [0, 0.05) is 18.7 Å². The number of aromatic nitrogens is 2. The van der Waals surface area contributed by atoms with Crippen LogP contribution < -0.4 is 5.56 Å². The van der Waals surface area contributed by atoms with Gasteiger partial charge < -0.3 is 9.67 Å². The van der Waals surface area contributed by atoms with Crippen molar-refractivity contribution in [3.63, 3.8) is 0 Å². The van der Waals surface area contributed by atoms with Crippen LogP contribution in [0.25, 0.3) is 11.3 Å². The SMILES string of the molecule is Cc1c(-c2ccccc2)n(CCCCO)c(=S)[nH]c1=O. The fraction of sp³-hybridized carbons (Fsp3) is 0.333. The molecule has 0 aliphatic rings. The Kier molecular flexibility index (Phi) is 4.87. The summed E-state index contributed by atoms with van der Waals surface area (Å²) in [5.41, 5.74) is 2.35. The molecule has 0 bridgehead atoms. The predicted molar refractivity (Wildman–Crippen MR) is 82.4 cm³/mol. The Balaban J connectivity index is 2.58. The number of unbranched alkanes of at least 4 members (excludes halogenated alkanes) is 1. The highest BCUT2D eigenvalue weighted by atomic mass is 32.1. The minimum absolute atomic E-state index is 0.146. The molecular formula is C15H18N2O2S. The highest BCUT2D eigenvalue weighted by Gasteiger charge is 2.11. The Morgan fingerprint density at radius 3 is 2.60 bits per heavy atom. The summed E-state index contributed by atoms with van der Waals surface area (Å²) in [5.74, 6) is 0. The number of nitrogens with zero attached hydrogens (tertiary/aromatic N) is 1. The van der Waals surface area contributed by atoms with Crippen molar-refractivity contribution in [3.05, 3.63) is 51.0 Å². The average molecular weight is 290 g/mol. The molecule has 2 aromatic rings. The summed E-state index contributed by atoms with van der Waals surface area (Å²) in [6.07, 6.45) is 1.53. The van der Waals surface area contributed by atoms with Gasteiger partial charge in [-0.15, -0.1) is 0 Å². The Morgan fingerprint density at radius 1 is 1.25 bits per heavy atom. The van der Waals surface area contributed by atoms with Crippen molar-refractivity contribution < 1.29 is 5.11 Å². The molecule has 20 heavy (non-hydrogen) atoms. The third-order valence-corrected chi connectivity index (χ3v) is 3.59. The van der Waals surface area contributed by atoms with Crippen molar-refractivity contribution in [3.8, 4) is 11.3 Å². The largest absolute Gasteiger partial charge is 0.396 e. The summed E-state index contributed by atoms with van der Waals surface area (Å²) in [6.45, 7) is 2.65. The number of aliphatic hydroxyl groups is 1. The zero-order chi connectivity index (χ0) is 14.5. The van der Waals surface area contributed by atoms with E-state index in [9.17, 15) is 4.79 Å². The summed E-state index contributed by atoms with van der Waals surface area (Å²) in [7, 11) is 0.